The Hall–Kier alpha value is -3.87. The summed E-state index contributed by atoms with van der Waals surface area (Å²) in [6, 6.07) is 11.7. The lowest BCUT2D eigenvalue weighted by atomic mass is 10.1. The molecule has 0 fully saturated rings. The molecule has 138 valence electrons. The van der Waals surface area contributed by atoms with Gasteiger partial charge in [-0.15, -0.1) is 0 Å². The zero-order valence-electron chi connectivity index (χ0n) is 15.3. The molecular weight excluding hydrogens is 356 g/mol. The average molecular weight is 372 g/mol. The number of nitrogens with one attached hydrogen (secondary N) is 1. The number of benzene rings is 2. The summed E-state index contributed by atoms with van der Waals surface area (Å²) in [5.74, 6) is -1.14. The number of hydrogen-bond acceptors (Lipinski definition) is 5. The Morgan fingerprint density at radius 1 is 0.929 bits per heavy atom. The lowest BCUT2D eigenvalue weighted by Gasteiger charge is -2.17. The molecule has 0 saturated heterocycles. The average Bonchev–Trinajstić information content (AvgIpc) is 2.94. The van der Waals surface area contributed by atoms with E-state index >= 15 is 0 Å². The van der Waals surface area contributed by atoms with Crippen LogP contribution < -0.4 is 10.2 Å². The first-order valence-corrected chi connectivity index (χ1v) is 8.64. The van der Waals surface area contributed by atoms with Crippen molar-refractivity contribution in [3.63, 3.8) is 0 Å². The van der Waals surface area contributed by atoms with Gasteiger partial charge in [0.1, 0.15) is 0 Å². The monoisotopic (exact) mass is 372 g/mol. The second kappa shape index (κ2) is 6.70. The van der Waals surface area contributed by atoms with Gasteiger partial charge in [-0.1, -0.05) is 12.1 Å². The van der Waals surface area contributed by atoms with Crippen LogP contribution in [-0.4, -0.2) is 27.7 Å². The molecule has 7 heteroatoms. The summed E-state index contributed by atoms with van der Waals surface area (Å²) in [7, 11) is 0. The van der Waals surface area contributed by atoms with Crippen LogP contribution in [-0.2, 0) is 0 Å². The Kier molecular flexibility index (Phi) is 4.19. The van der Waals surface area contributed by atoms with Crippen LogP contribution in [0.3, 0.4) is 0 Å². The van der Waals surface area contributed by atoms with Crippen LogP contribution >= 0.6 is 0 Å². The molecule has 28 heavy (non-hydrogen) atoms. The number of aryl methyl sites for hydroxylation is 2. The summed E-state index contributed by atoms with van der Waals surface area (Å²) in [5.41, 5.74) is 3.04. The minimum atomic E-state index is -0.459. The van der Waals surface area contributed by atoms with Gasteiger partial charge >= 0.3 is 0 Å². The van der Waals surface area contributed by atoms with Crippen LogP contribution in [0.25, 0.3) is 0 Å². The highest BCUT2D eigenvalue weighted by Gasteiger charge is 2.37. The third kappa shape index (κ3) is 2.92. The molecule has 0 unspecified atom stereocenters. The van der Waals surface area contributed by atoms with Crippen molar-refractivity contribution < 1.29 is 14.4 Å². The van der Waals surface area contributed by atoms with Crippen molar-refractivity contribution in [1.82, 2.24) is 9.97 Å². The highest BCUT2D eigenvalue weighted by atomic mass is 16.2. The summed E-state index contributed by atoms with van der Waals surface area (Å²) in [6.45, 7) is 3.74. The minimum absolute atomic E-state index is 0.160. The van der Waals surface area contributed by atoms with E-state index in [1.165, 1.54) is 30.6 Å². The molecule has 2 heterocycles. The number of amides is 3. The van der Waals surface area contributed by atoms with E-state index in [4.69, 9.17) is 0 Å². The number of carbonyl (C=O) groups is 3. The van der Waals surface area contributed by atoms with Gasteiger partial charge in [0.05, 0.1) is 16.8 Å². The third-order valence-electron chi connectivity index (χ3n) is 4.55. The maximum Gasteiger partial charge on any atom is 0.266 e. The summed E-state index contributed by atoms with van der Waals surface area (Å²) in [6.07, 6.45) is 3.02. The molecule has 1 aliphatic heterocycles. The van der Waals surface area contributed by atoms with Gasteiger partial charge < -0.3 is 0 Å². The first-order chi connectivity index (χ1) is 13.5. The number of anilines is 2. The zero-order chi connectivity index (χ0) is 19.8. The molecule has 0 saturated carbocycles. The van der Waals surface area contributed by atoms with E-state index < -0.39 is 17.7 Å². The Labute approximate surface area is 161 Å². The second-order valence-corrected chi connectivity index (χ2v) is 6.52. The first kappa shape index (κ1) is 17.5. The molecule has 0 aliphatic carbocycles. The van der Waals surface area contributed by atoms with Crippen LogP contribution in [0.4, 0.5) is 11.6 Å². The van der Waals surface area contributed by atoms with Crippen LogP contribution in [0, 0.1) is 13.8 Å². The lowest BCUT2D eigenvalue weighted by Crippen LogP contribution is -2.30. The molecule has 3 amide bonds. The van der Waals surface area contributed by atoms with Crippen molar-refractivity contribution in [2.24, 2.45) is 0 Å². The van der Waals surface area contributed by atoms with Gasteiger partial charge in [-0.3, -0.25) is 19.7 Å². The molecule has 1 aromatic heterocycles. The lowest BCUT2D eigenvalue weighted by molar-refractivity contribution is 0.0925. The van der Waals surface area contributed by atoms with Crippen LogP contribution in [0.1, 0.15) is 42.2 Å². The van der Waals surface area contributed by atoms with Crippen molar-refractivity contribution >= 4 is 29.4 Å². The highest BCUT2D eigenvalue weighted by molar-refractivity contribution is 6.35. The van der Waals surface area contributed by atoms with Gasteiger partial charge in [0, 0.05) is 18.0 Å². The zero-order valence-corrected chi connectivity index (χ0v) is 15.3. The number of carbonyl (C=O) groups excluding carboxylic acids is 3. The number of imide groups is 1. The van der Waals surface area contributed by atoms with Gasteiger partial charge in [0.15, 0.2) is 0 Å². The van der Waals surface area contributed by atoms with Gasteiger partial charge in [-0.2, -0.15) is 0 Å². The van der Waals surface area contributed by atoms with E-state index in [1.807, 2.05) is 26.0 Å². The summed E-state index contributed by atoms with van der Waals surface area (Å²) >= 11 is 0. The molecule has 0 radical (unpaired) electrons. The fraction of sp³-hybridized carbons (Fsp3) is 0.0952. The fourth-order valence-electron chi connectivity index (χ4n) is 3.10. The van der Waals surface area contributed by atoms with E-state index in [2.05, 4.69) is 15.3 Å². The van der Waals surface area contributed by atoms with Crippen LogP contribution in [0.15, 0.2) is 54.9 Å². The van der Waals surface area contributed by atoms with Gasteiger partial charge in [0.2, 0.25) is 5.95 Å². The van der Waals surface area contributed by atoms with E-state index in [1.54, 1.807) is 12.1 Å². The number of fused-ring (bicyclic) bond motifs is 1. The van der Waals surface area contributed by atoms with Crippen molar-refractivity contribution in [2.75, 3.05) is 10.2 Å². The largest absolute Gasteiger partial charge is 0.290 e. The maximum absolute atomic E-state index is 13.0. The Bertz CT molecular complexity index is 1130. The number of aromatic nitrogens is 2. The fourth-order valence-corrected chi connectivity index (χ4v) is 3.10. The molecule has 1 aliphatic rings. The molecule has 7 nitrogen and oxygen atoms in total. The first-order valence-electron chi connectivity index (χ1n) is 8.64. The Balaban J connectivity index is 1.68. The van der Waals surface area contributed by atoms with E-state index in [0.717, 1.165) is 16.0 Å². The molecule has 2 aromatic carbocycles. The third-order valence-corrected chi connectivity index (χ3v) is 4.55. The molecular formula is C21H16N4O3. The SMILES string of the molecule is Cc1ccc(C)c(N2C(=O)c3ccc(C(=O)Nc4ncccn4)cc3C2=O)c1. The Morgan fingerprint density at radius 3 is 2.39 bits per heavy atom. The van der Waals surface area contributed by atoms with Crippen molar-refractivity contribution in [2.45, 2.75) is 13.8 Å². The van der Waals surface area contributed by atoms with Crippen LogP contribution in [0.5, 0.6) is 0 Å². The maximum atomic E-state index is 13.0. The molecule has 1 N–H and O–H groups in total. The minimum Gasteiger partial charge on any atom is -0.290 e. The van der Waals surface area contributed by atoms with Gasteiger partial charge in [-0.25, -0.2) is 14.9 Å². The normalized spacial score (nSPS) is 12.9. The Morgan fingerprint density at radius 2 is 1.64 bits per heavy atom. The quantitative estimate of drug-likeness (QED) is 0.713. The van der Waals surface area contributed by atoms with Crippen molar-refractivity contribution in [1.29, 1.82) is 0 Å². The second-order valence-electron chi connectivity index (χ2n) is 6.52. The number of rotatable bonds is 3. The van der Waals surface area contributed by atoms with E-state index in [0.29, 0.717) is 5.69 Å². The number of hydrogen-bond donors (Lipinski definition) is 1. The van der Waals surface area contributed by atoms with E-state index in [-0.39, 0.29) is 22.6 Å². The summed E-state index contributed by atoms with van der Waals surface area (Å²) in [5, 5.41) is 2.56. The standard InChI is InChI=1S/C21H16N4O3/c1-12-4-5-13(2)17(10-12)25-19(27)15-7-6-14(11-16(15)20(25)28)18(26)24-21-22-8-3-9-23-21/h3-11H,1-2H3,(H,22,23,24,26). The predicted molar refractivity (Wildman–Crippen MR) is 103 cm³/mol. The van der Waals surface area contributed by atoms with Crippen LogP contribution in [0.2, 0.25) is 0 Å². The molecule has 0 atom stereocenters. The topological polar surface area (TPSA) is 92.3 Å². The van der Waals surface area contributed by atoms with Gasteiger partial charge in [0.25, 0.3) is 17.7 Å². The van der Waals surface area contributed by atoms with Crippen molar-refractivity contribution in [3.8, 4) is 0 Å². The van der Waals surface area contributed by atoms with Gasteiger partial charge in [-0.05, 0) is 55.3 Å². The highest BCUT2D eigenvalue weighted by Crippen LogP contribution is 2.31. The smallest absolute Gasteiger partial charge is 0.266 e. The molecule has 0 spiro atoms. The van der Waals surface area contributed by atoms with Crippen molar-refractivity contribution in [3.05, 3.63) is 82.7 Å². The summed E-state index contributed by atoms with van der Waals surface area (Å²) in [4.78, 5) is 47.3. The molecule has 4 rings (SSSR count). The molecule has 0 bridgehead atoms. The summed E-state index contributed by atoms with van der Waals surface area (Å²) < 4.78 is 0. The predicted octanol–water partition coefficient (Wildman–Crippen LogP) is 3.15. The molecule has 3 aromatic rings. The number of nitrogens with zero attached hydrogens (tertiary/aromatic N) is 3. The van der Waals surface area contributed by atoms with E-state index in [9.17, 15) is 14.4 Å².